The van der Waals surface area contributed by atoms with E-state index in [2.05, 4.69) is 323 Å². The number of benzene rings is 11. The fourth-order valence-electron chi connectivity index (χ4n) is 12.5. The molecule has 8 nitrogen and oxygen atoms in total. The highest BCUT2D eigenvalue weighted by atomic mass is 79.9. The van der Waals surface area contributed by atoms with Gasteiger partial charge in [-0.15, -0.1) is 0 Å². The molecule has 1 aliphatic carbocycles. The molecule has 0 saturated carbocycles. The Hall–Kier alpha value is -7.88. The van der Waals surface area contributed by atoms with Crippen LogP contribution in [0.15, 0.2) is 246 Å². The Morgan fingerprint density at radius 1 is 0.327 bits per heavy atom. The van der Waals surface area contributed by atoms with E-state index in [9.17, 15) is 0 Å². The van der Waals surface area contributed by atoms with Crippen molar-refractivity contribution >= 4 is 126 Å². The number of aliphatic hydroxyl groups excluding tert-OH is 3. The van der Waals surface area contributed by atoms with Crippen LogP contribution in [0.25, 0.3) is 98.8 Å². The van der Waals surface area contributed by atoms with Crippen molar-refractivity contribution in [2.45, 2.75) is 107 Å². The Morgan fingerprint density at radius 2 is 0.612 bits per heavy atom. The summed E-state index contributed by atoms with van der Waals surface area (Å²) in [6, 6.07) is 83.9. The number of rotatable bonds is 10. The van der Waals surface area contributed by atoms with E-state index < -0.39 is 7.12 Å². The summed E-state index contributed by atoms with van der Waals surface area (Å²) in [7, 11) is 1.66. The highest BCUT2D eigenvalue weighted by molar-refractivity contribution is 9.10. The van der Waals surface area contributed by atoms with Crippen molar-refractivity contribution in [3.05, 3.63) is 279 Å². The van der Waals surface area contributed by atoms with Crippen LogP contribution in [0, 0.1) is 27.7 Å². The number of hydrogen-bond acceptors (Lipinski definition) is 5. The van der Waals surface area contributed by atoms with Gasteiger partial charge < -0.3 is 39.1 Å². The molecule has 0 spiro atoms. The summed E-state index contributed by atoms with van der Waals surface area (Å²) < 4.78 is 9.58. The average Bonchev–Trinajstić information content (AvgIpc) is 1.62. The molecule has 15 rings (SSSR count). The average molecular weight is 1500 g/mol. The van der Waals surface area contributed by atoms with Gasteiger partial charge in [-0.05, 0) is 195 Å². The number of aliphatic hydroxyl groups is 3. The van der Waals surface area contributed by atoms with E-state index in [1.54, 1.807) is 24.3 Å². The third kappa shape index (κ3) is 19.3. The van der Waals surface area contributed by atoms with Gasteiger partial charge in [-0.25, -0.2) is 0 Å². The molecule has 12 heteroatoms. The Labute approximate surface area is 606 Å². The second-order valence-electron chi connectivity index (χ2n) is 24.0. The van der Waals surface area contributed by atoms with E-state index in [0.29, 0.717) is 5.46 Å². The number of aromatic nitrogens is 3. The minimum Gasteiger partial charge on any atom is -0.423 e. The number of hydrogen-bond donors (Lipinski definition) is 5. The molecule has 0 atom stereocenters. The first kappa shape index (κ1) is 77.5. The molecular weight excluding hydrogens is 1410 g/mol. The SMILES string of the molecule is CCCBr.CCCn1c2ccc(-c3ccccc3)cc2c2cc(-c3ccccc3)ccc21.CCCn1c2ccc(Br)cc2c2cc(Br)ccc21.CCCn1c2ccc(C)cc2c2cc(C)ccc21.CO.CO.CO.Cc1ccc2c(c1)-c1cc(C)ccc1C2.OB(O)c1ccccc1. The second-order valence-corrected chi connectivity index (χ2v) is 26.6. The lowest BCUT2D eigenvalue weighted by atomic mass is 9.81. The molecule has 1 aliphatic rings. The van der Waals surface area contributed by atoms with Crippen LogP contribution in [0.5, 0.6) is 0 Å². The smallest absolute Gasteiger partial charge is 0.423 e. The molecule has 0 saturated heterocycles. The van der Waals surface area contributed by atoms with Crippen molar-refractivity contribution in [1.29, 1.82) is 0 Å². The molecule has 0 aliphatic heterocycles. The summed E-state index contributed by atoms with van der Waals surface area (Å²) in [4.78, 5) is 0. The zero-order valence-electron chi connectivity index (χ0n) is 58.7. The largest absolute Gasteiger partial charge is 0.488 e. The molecule has 11 aromatic carbocycles. The van der Waals surface area contributed by atoms with Crippen molar-refractivity contribution in [3.8, 4) is 33.4 Å². The topological polar surface area (TPSA) is 116 Å². The molecule has 98 heavy (non-hydrogen) atoms. The van der Waals surface area contributed by atoms with E-state index >= 15 is 0 Å². The predicted molar refractivity (Wildman–Crippen MR) is 434 cm³/mol. The van der Waals surface area contributed by atoms with E-state index in [1.807, 2.05) is 6.07 Å². The molecule has 0 unspecified atom stereocenters. The zero-order valence-corrected chi connectivity index (χ0v) is 63.4. The Bertz CT molecular complexity index is 4400. The molecular formula is C86H95BBr3N3O5. The third-order valence-electron chi connectivity index (χ3n) is 16.9. The number of halogens is 3. The van der Waals surface area contributed by atoms with Gasteiger partial charge in [0.25, 0.3) is 0 Å². The number of nitrogens with zero attached hydrogens (tertiary/aromatic N) is 3. The summed E-state index contributed by atoms with van der Waals surface area (Å²) in [6.45, 7) is 20.7. The predicted octanol–water partition coefficient (Wildman–Crippen LogP) is 21.9. The number of aryl methyl sites for hydroxylation is 7. The van der Waals surface area contributed by atoms with Gasteiger partial charge in [0, 0.05) is 121 Å². The van der Waals surface area contributed by atoms with Gasteiger partial charge in [0.05, 0.1) is 0 Å². The maximum absolute atomic E-state index is 8.58. The lowest BCUT2D eigenvalue weighted by Gasteiger charge is -2.06. The monoisotopic (exact) mass is 1500 g/mol. The van der Waals surface area contributed by atoms with Gasteiger partial charge in [0.1, 0.15) is 0 Å². The quantitative estimate of drug-likeness (QED) is 0.0691. The van der Waals surface area contributed by atoms with Crippen molar-refractivity contribution in [2.24, 2.45) is 0 Å². The van der Waals surface area contributed by atoms with Gasteiger partial charge in [-0.2, -0.15) is 0 Å². The van der Waals surface area contributed by atoms with Crippen LogP contribution in [0.3, 0.4) is 0 Å². The molecule has 3 aromatic heterocycles. The Morgan fingerprint density at radius 3 is 0.929 bits per heavy atom. The summed E-state index contributed by atoms with van der Waals surface area (Å²) in [5, 5.41) is 47.4. The fourth-order valence-corrected chi connectivity index (χ4v) is 13.2. The van der Waals surface area contributed by atoms with Gasteiger partial charge in [-0.3, -0.25) is 0 Å². The van der Waals surface area contributed by atoms with Crippen molar-refractivity contribution in [1.82, 2.24) is 13.7 Å². The number of alkyl halides is 1. The van der Waals surface area contributed by atoms with Crippen LogP contribution in [0.4, 0.5) is 0 Å². The highest BCUT2D eigenvalue weighted by Crippen LogP contribution is 2.39. The second kappa shape index (κ2) is 39.1. The maximum atomic E-state index is 8.58. The minimum absolute atomic E-state index is 0.525. The maximum Gasteiger partial charge on any atom is 0.488 e. The summed E-state index contributed by atoms with van der Waals surface area (Å²) >= 11 is 10.4. The van der Waals surface area contributed by atoms with Crippen LogP contribution in [0.1, 0.15) is 86.8 Å². The van der Waals surface area contributed by atoms with Crippen LogP contribution in [-0.4, -0.2) is 72.8 Å². The Balaban J connectivity index is 0.000000172. The van der Waals surface area contributed by atoms with Gasteiger partial charge in [0.2, 0.25) is 0 Å². The van der Waals surface area contributed by atoms with Crippen molar-refractivity contribution in [2.75, 3.05) is 26.7 Å². The van der Waals surface area contributed by atoms with E-state index in [-0.39, 0.29) is 0 Å². The number of fused-ring (bicyclic) bond motifs is 12. The minimum atomic E-state index is -1.34. The lowest BCUT2D eigenvalue weighted by molar-refractivity contribution is 0.399. The van der Waals surface area contributed by atoms with Crippen molar-refractivity contribution in [3.63, 3.8) is 0 Å². The van der Waals surface area contributed by atoms with Gasteiger partial charge in [0.15, 0.2) is 0 Å². The first-order valence-corrected chi connectivity index (χ1v) is 36.5. The van der Waals surface area contributed by atoms with Crippen molar-refractivity contribution < 1.29 is 25.4 Å². The first-order valence-electron chi connectivity index (χ1n) is 33.8. The van der Waals surface area contributed by atoms with Crippen LogP contribution in [0.2, 0.25) is 0 Å². The summed E-state index contributed by atoms with van der Waals surface area (Å²) in [5.74, 6) is 0. The summed E-state index contributed by atoms with van der Waals surface area (Å²) in [5.41, 5.74) is 24.8. The molecule has 3 heterocycles. The van der Waals surface area contributed by atoms with Crippen LogP contribution >= 0.6 is 47.8 Å². The fraction of sp³-hybridized carbons (Fsp3) is 0.233. The van der Waals surface area contributed by atoms with E-state index in [1.165, 1.54) is 145 Å². The lowest BCUT2D eigenvalue weighted by Crippen LogP contribution is -2.29. The molecule has 0 bridgehead atoms. The van der Waals surface area contributed by atoms with Gasteiger partial charge in [-0.1, -0.05) is 249 Å². The normalized spacial score (nSPS) is 10.7. The van der Waals surface area contributed by atoms with Crippen LogP contribution < -0.4 is 5.46 Å². The van der Waals surface area contributed by atoms with E-state index in [0.717, 1.165) is 74.5 Å². The molecule has 0 radical (unpaired) electrons. The standard InChI is InChI=1S/C27H23N.C17H19N.C15H13Br2N.C15H14.C6H7BO2.C3H7Br.3CH4O/c1-2-17-28-26-15-13-22(20-9-5-3-6-10-20)18-24(26)25-19-23(14-16-27(25)28)21-11-7-4-8-12-21;1-4-9-18-16-7-5-12(2)10-14(16)15-11-13(3)6-8-17(15)18;1-2-7-18-14-5-3-10(16)8-12(14)13-9-11(17)4-6-15(13)18;1-10-3-5-12-9-13-6-4-11(2)8-15(13)14(12)7-10;8-7(9)6-4-2-1-3-5-6;1-2-3-4;3*1-2/h3-16,18-19H,2,17H2,1H3;5-8,10-11H,4,9H2,1-3H3;3-6,8-9H,2,7H2,1H3;3-8H,9H2,1-2H3;1-5,8-9H;2-3H2,1H3;3*2H,1H3. The molecule has 14 aromatic rings. The van der Waals surface area contributed by atoms with E-state index in [4.69, 9.17) is 25.4 Å². The van der Waals surface area contributed by atoms with Crippen LogP contribution in [-0.2, 0) is 26.1 Å². The van der Waals surface area contributed by atoms with Gasteiger partial charge >= 0.3 is 7.12 Å². The first-order chi connectivity index (χ1) is 47.7. The zero-order chi connectivity index (χ0) is 70.8. The third-order valence-corrected chi connectivity index (χ3v) is 18.7. The molecule has 508 valence electrons. The Kier molecular flexibility index (Phi) is 30.9. The highest BCUT2D eigenvalue weighted by Gasteiger charge is 2.19. The molecule has 5 N–H and O–H groups in total. The summed E-state index contributed by atoms with van der Waals surface area (Å²) in [6.07, 6.45) is 5.77. The molecule has 0 fully saturated rings. The molecule has 0 amide bonds.